The zero-order valence-electron chi connectivity index (χ0n) is 15.1. The van der Waals surface area contributed by atoms with Crippen LogP contribution in [-0.4, -0.2) is 31.7 Å². The van der Waals surface area contributed by atoms with E-state index in [1.807, 2.05) is 54.6 Å². The number of thioether (sulfide) groups is 1. The maximum absolute atomic E-state index is 12.6. The number of aromatic nitrogens is 4. The first-order chi connectivity index (χ1) is 14.2. The number of tetrazole rings is 1. The molecular weight excluding hydrogens is 452 g/mol. The van der Waals surface area contributed by atoms with Gasteiger partial charge in [-0.15, -0.1) is 5.10 Å². The van der Waals surface area contributed by atoms with E-state index < -0.39 is 0 Å². The first-order valence-electron chi connectivity index (χ1n) is 8.72. The number of halogens is 1. The Morgan fingerprint density at radius 3 is 2.34 bits per heavy atom. The van der Waals surface area contributed by atoms with Gasteiger partial charge in [-0.3, -0.25) is 4.79 Å². The van der Waals surface area contributed by atoms with Crippen LogP contribution in [0.15, 0.2) is 88.5 Å². The summed E-state index contributed by atoms with van der Waals surface area (Å²) < 4.78 is 8.34. The number of carbonyl (C=O) groups excluding carboxylic acids is 1. The molecule has 0 unspecified atom stereocenters. The van der Waals surface area contributed by atoms with Crippen LogP contribution in [0, 0.1) is 0 Å². The lowest BCUT2D eigenvalue weighted by atomic mass is 10.1. The molecule has 0 spiro atoms. The Balaban J connectivity index is 1.39. The lowest BCUT2D eigenvalue weighted by Crippen LogP contribution is -2.05. The van der Waals surface area contributed by atoms with Crippen LogP contribution in [-0.2, 0) is 0 Å². The molecule has 0 radical (unpaired) electrons. The van der Waals surface area contributed by atoms with Crippen LogP contribution in [0.1, 0.15) is 10.4 Å². The standard InChI is InChI=1S/C21H15BrN4O2S/c22-16-8-10-17(11-9-16)26-21(23-24-25-26)29-14-20(27)15-6-12-19(13-7-15)28-18-4-2-1-3-5-18/h1-13H,14H2. The van der Waals surface area contributed by atoms with Gasteiger partial charge in [-0.1, -0.05) is 45.9 Å². The molecule has 0 aliphatic carbocycles. The van der Waals surface area contributed by atoms with Gasteiger partial charge >= 0.3 is 0 Å². The Morgan fingerprint density at radius 1 is 0.931 bits per heavy atom. The lowest BCUT2D eigenvalue weighted by Gasteiger charge is -2.07. The summed E-state index contributed by atoms with van der Waals surface area (Å²) in [5.74, 6) is 1.66. The zero-order valence-corrected chi connectivity index (χ0v) is 17.5. The molecule has 0 amide bonds. The highest BCUT2D eigenvalue weighted by molar-refractivity contribution is 9.10. The van der Waals surface area contributed by atoms with Crippen molar-refractivity contribution in [1.29, 1.82) is 0 Å². The highest BCUT2D eigenvalue weighted by Gasteiger charge is 2.13. The molecule has 1 heterocycles. The van der Waals surface area contributed by atoms with Crippen LogP contribution in [0.2, 0.25) is 0 Å². The molecule has 0 N–H and O–H groups in total. The smallest absolute Gasteiger partial charge is 0.214 e. The number of benzene rings is 3. The summed E-state index contributed by atoms with van der Waals surface area (Å²) in [5, 5.41) is 12.3. The number of para-hydroxylation sites is 1. The molecule has 0 aliphatic heterocycles. The van der Waals surface area contributed by atoms with Gasteiger partial charge in [0.1, 0.15) is 11.5 Å². The second kappa shape index (κ2) is 9.02. The molecule has 0 saturated heterocycles. The normalized spacial score (nSPS) is 10.7. The SMILES string of the molecule is O=C(CSc1nnnn1-c1ccc(Br)cc1)c1ccc(Oc2ccccc2)cc1. The molecule has 0 bridgehead atoms. The summed E-state index contributed by atoms with van der Waals surface area (Å²) in [6.45, 7) is 0. The van der Waals surface area contributed by atoms with Crippen LogP contribution in [0.4, 0.5) is 0 Å². The second-order valence-electron chi connectivity index (χ2n) is 6.00. The number of nitrogens with zero attached hydrogens (tertiary/aromatic N) is 4. The number of ether oxygens (including phenoxy) is 1. The van der Waals surface area contributed by atoms with E-state index in [-0.39, 0.29) is 11.5 Å². The molecule has 0 saturated carbocycles. The minimum Gasteiger partial charge on any atom is -0.457 e. The lowest BCUT2D eigenvalue weighted by molar-refractivity contribution is 0.102. The Morgan fingerprint density at radius 2 is 1.62 bits per heavy atom. The second-order valence-corrected chi connectivity index (χ2v) is 7.86. The average Bonchev–Trinajstić information content (AvgIpc) is 3.22. The first-order valence-corrected chi connectivity index (χ1v) is 10.5. The van der Waals surface area contributed by atoms with E-state index in [9.17, 15) is 4.79 Å². The third kappa shape index (κ3) is 4.90. The van der Waals surface area contributed by atoms with E-state index >= 15 is 0 Å². The fourth-order valence-corrected chi connectivity index (χ4v) is 3.61. The van der Waals surface area contributed by atoms with Crippen molar-refractivity contribution in [3.63, 3.8) is 0 Å². The third-order valence-electron chi connectivity index (χ3n) is 4.00. The van der Waals surface area contributed by atoms with Crippen LogP contribution in [0.3, 0.4) is 0 Å². The minimum atomic E-state index is -0.00776. The quantitative estimate of drug-likeness (QED) is 0.275. The fourth-order valence-electron chi connectivity index (χ4n) is 2.56. The summed E-state index contributed by atoms with van der Waals surface area (Å²) >= 11 is 4.70. The van der Waals surface area contributed by atoms with Gasteiger partial charge in [-0.2, -0.15) is 4.68 Å². The molecule has 1 aromatic heterocycles. The minimum absolute atomic E-state index is 0.00776. The van der Waals surface area contributed by atoms with Gasteiger partial charge in [0, 0.05) is 10.0 Å². The Bertz CT molecular complexity index is 1100. The molecule has 8 heteroatoms. The van der Waals surface area contributed by atoms with E-state index in [1.54, 1.807) is 28.9 Å². The highest BCUT2D eigenvalue weighted by Crippen LogP contribution is 2.23. The average molecular weight is 467 g/mol. The summed E-state index contributed by atoms with van der Waals surface area (Å²) in [7, 11) is 0. The van der Waals surface area contributed by atoms with Crippen molar-refractivity contribution in [3.8, 4) is 17.2 Å². The molecule has 4 rings (SSSR count). The van der Waals surface area contributed by atoms with Crippen LogP contribution >= 0.6 is 27.7 Å². The number of hydrogen-bond donors (Lipinski definition) is 0. The highest BCUT2D eigenvalue weighted by atomic mass is 79.9. The van der Waals surface area contributed by atoms with Gasteiger partial charge in [-0.05, 0) is 71.1 Å². The van der Waals surface area contributed by atoms with Crippen LogP contribution < -0.4 is 4.74 Å². The molecule has 6 nitrogen and oxygen atoms in total. The van der Waals surface area contributed by atoms with Crippen molar-refractivity contribution in [2.45, 2.75) is 5.16 Å². The van der Waals surface area contributed by atoms with Gasteiger partial charge < -0.3 is 4.74 Å². The monoisotopic (exact) mass is 466 g/mol. The number of carbonyl (C=O) groups is 1. The van der Waals surface area contributed by atoms with E-state index in [2.05, 4.69) is 31.5 Å². The van der Waals surface area contributed by atoms with Crippen LogP contribution in [0.25, 0.3) is 5.69 Å². The molecule has 29 heavy (non-hydrogen) atoms. The van der Waals surface area contributed by atoms with Gasteiger partial charge in [0.25, 0.3) is 0 Å². The van der Waals surface area contributed by atoms with Gasteiger partial charge in [0.05, 0.1) is 11.4 Å². The van der Waals surface area contributed by atoms with Crippen molar-refractivity contribution in [2.75, 3.05) is 5.75 Å². The number of Topliss-reactive ketones (excluding diaryl/α,β-unsaturated/α-hetero) is 1. The predicted octanol–water partition coefficient (Wildman–Crippen LogP) is 5.19. The summed E-state index contributed by atoms with van der Waals surface area (Å²) in [4.78, 5) is 12.6. The number of rotatable bonds is 7. The van der Waals surface area contributed by atoms with Crippen molar-refractivity contribution in [1.82, 2.24) is 20.2 Å². The molecule has 0 atom stereocenters. The van der Waals surface area contributed by atoms with Crippen LogP contribution in [0.5, 0.6) is 11.5 Å². The molecule has 144 valence electrons. The Labute approximate surface area is 180 Å². The maximum atomic E-state index is 12.6. The Hall–Kier alpha value is -2.97. The fraction of sp³-hybridized carbons (Fsp3) is 0.0476. The first kappa shape index (κ1) is 19.4. The zero-order chi connectivity index (χ0) is 20.1. The summed E-state index contributed by atoms with van der Waals surface area (Å²) in [6, 6.07) is 24.2. The van der Waals surface area contributed by atoms with E-state index in [0.717, 1.165) is 15.9 Å². The van der Waals surface area contributed by atoms with Crippen molar-refractivity contribution >= 4 is 33.5 Å². The molecule has 4 aromatic rings. The Kier molecular flexibility index (Phi) is 6.02. The molecule has 3 aromatic carbocycles. The number of hydrogen-bond acceptors (Lipinski definition) is 6. The molecular formula is C21H15BrN4O2S. The third-order valence-corrected chi connectivity index (χ3v) is 5.45. The van der Waals surface area contributed by atoms with Gasteiger partial charge in [-0.25, -0.2) is 0 Å². The van der Waals surface area contributed by atoms with Crippen molar-refractivity contribution in [2.24, 2.45) is 0 Å². The molecule has 0 fully saturated rings. The van der Waals surface area contributed by atoms with Gasteiger partial charge in [0.2, 0.25) is 5.16 Å². The largest absolute Gasteiger partial charge is 0.457 e. The molecule has 0 aliphatic rings. The summed E-state index contributed by atoms with van der Waals surface area (Å²) in [5.41, 5.74) is 1.44. The number of ketones is 1. The topological polar surface area (TPSA) is 69.9 Å². The van der Waals surface area contributed by atoms with Crippen molar-refractivity contribution < 1.29 is 9.53 Å². The maximum Gasteiger partial charge on any atom is 0.214 e. The van der Waals surface area contributed by atoms with E-state index in [4.69, 9.17) is 4.74 Å². The van der Waals surface area contributed by atoms with Gasteiger partial charge in [0.15, 0.2) is 5.78 Å². The summed E-state index contributed by atoms with van der Waals surface area (Å²) in [6.07, 6.45) is 0. The van der Waals surface area contributed by atoms with Crippen molar-refractivity contribution in [3.05, 3.63) is 88.9 Å². The van der Waals surface area contributed by atoms with E-state index in [1.165, 1.54) is 11.8 Å². The predicted molar refractivity (Wildman–Crippen MR) is 115 cm³/mol. The van der Waals surface area contributed by atoms with E-state index in [0.29, 0.717) is 16.5 Å².